The van der Waals surface area contributed by atoms with Gasteiger partial charge in [-0.25, -0.2) is 4.79 Å². The molecule has 4 aromatic rings. The summed E-state index contributed by atoms with van der Waals surface area (Å²) in [4.78, 5) is 10.8. The number of hydrogen-bond donors (Lipinski definition) is 1. The summed E-state index contributed by atoms with van der Waals surface area (Å²) in [6, 6.07) is 39.1. The van der Waals surface area contributed by atoms with Gasteiger partial charge in [0.25, 0.3) is 0 Å². The third kappa shape index (κ3) is 4.58. The molecule has 0 radical (unpaired) electrons. The molecular formula is C27H22NO2P. The predicted molar refractivity (Wildman–Crippen MR) is 130 cm³/mol. The lowest BCUT2D eigenvalue weighted by Crippen LogP contribution is -2.25. The zero-order valence-electron chi connectivity index (χ0n) is 16.9. The molecule has 0 aliphatic heterocycles. The molecule has 4 heteroatoms. The molecule has 0 amide bonds. The van der Waals surface area contributed by atoms with E-state index in [4.69, 9.17) is 9.85 Å². The third-order valence-corrected chi connectivity index (χ3v) is 8.63. The van der Waals surface area contributed by atoms with Gasteiger partial charge in [0.15, 0.2) is 0 Å². The Bertz CT molecular complexity index is 1130. The number of benzene rings is 4. The van der Waals surface area contributed by atoms with Gasteiger partial charge in [-0.05, 0) is 23.8 Å². The molecule has 1 N–H and O–H groups in total. The minimum absolute atomic E-state index is 0.824. The molecule has 0 heterocycles. The molecule has 0 aliphatic rings. The largest absolute Gasteiger partial charge is 0.478 e. The third-order valence-electron chi connectivity index (χ3n) is 4.97. The lowest BCUT2D eigenvalue weighted by atomic mass is 10.2. The smallest absolute Gasteiger partial charge is 0.328 e. The van der Waals surface area contributed by atoms with Crippen LogP contribution in [0.15, 0.2) is 126 Å². The van der Waals surface area contributed by atoms with Gasteiger partial charge in [0.1, 0.15) is 0 Å². The van der Waals surface area contributed by atoms with Crippen LogP contribution in [-0.4, -0.2) is 11.1 Å². The normalized spacial score (nSPS) is 11.4. The summed E-state index contributed by atoms with van der Waals surface area (Å²) in [6.45, 7) is 0. The highest BCUT2D eigenvalue weighted by atomic mass is 31.2. The lowest BCUT2D eigenvalue weighted by Gasteiger charge is -2.27. The van der Waals surface area contributed by atoms with E-state index in [9.17, 15) is 4.79 Å². The molecule has 4 aromatic carbocycles. The molecule has 0 saturated carbocycles. The Labute approximate surface area is 182 Å². The van der Waals surface area contributed by atoms with Gasteiger partial charge in [-0.1, -0.05) is 103 Å². The summed E-state index contributed by atoms with van der Waals surface area (Å²) >= 11 is 0. The number of carbonyl (C=O) groups is 1. The quantitative estimate of drug-likeness (QED) is 0.324. The van der Waals surface area contributed by atoms with Gasteiger partial charge < -0.3 is 5.11 Å². The fourth-order valence-corrected chi connectivity index (χ4v) is 7.08. The van der Waals surface area contributed by atoms with Crippen LogP contribution in [0.4, 0.5) is 5.69 Å². The average molecular weight is 423 g/mol. The number of carboxylic acid groups (broad SMARTS) is 1. The highest BCUT2D eigenvalue weighted by molar-refractivity contribution is 7.87. The fraction of sp³-hybridized carbons (Fsp3) is 0. The minimum Gasteiger partial charge on any atom is -0.478 e. The van der Waals surface area contributed by atoms with Crippen LogP contribution >= 0.6 is 7.05 Å². The van der Waals surface area contributed by atoms with Crippen LogP contribution in [0.1, 0.15) is 5.56 Å². The van der Waals surface area contributed by atoms with Gasteiger partial charge in [-0.15, -0.1) is 0 Å². The molecular weight excluding hydrogens is 401 g/mol. The molecule has 152 valence electrons. The number of nitrogens with zero attached hydrogens (tertiary/aromatic N) is 1. The minimum atomic E-state index is -2.31. The second-order valence-corrected chi connectivity index (χ2v) is 10.0. The van der Waals surface area contributed by atoms with Gasteiger partial charge in [-0.2, -0.15) is 0 Å². The Kier molecular flexibility index (Phi) is 6.26. The second kappa shape index (κ2) is 9.42. The van der Waals surface area contributed by atoms with Crippen molar-refractivity contribution in [2.45, 2.75) is 0 Å². The number of rotatable bonds is 6. The Balaban J connectivity index is 1.97. The molecule has 4 rings (SSSR count). The van der Waals surface area contributed by atoms with E-state index < -0.39 is 13.0 Å². The summed E-state index contributed by atoms with van der Waals surface area (Å²) in [7, 11) is -2.31. The van der Waals surface area contributed by atoms with E-state index in [1.54, 1.807) is 6.08 Å². The molecule has 0 atom stereocenters. The molecule has 0 unspecified atom stereocenters. The highest BCUT2D eigenvalue weighted by Crippen LogP contribution is 2.49. The van der Waals surface area contributed by atoms with Crippen LogP contribution in [0, 0.1) is 0 Å². The second-order valence-electron chi connectivity index (χ2n) is 7.01. The average Bonchev–Trinajstić information content (AvgIpc) is 2.83. The zero-order chi connectivity index (χ0) is 21.5. The summed E-state index contributed by atoms with van der Waals surface area (Å²) in [5.41, 5.74) is 1.68. The van der Waals surface area contributed by atoms with Gasteiger partial charge >= 0.3 is 5.97 Å². The molecule has 0 spiro atoms. The van der Waals surface area contributed by atoms with Crippen molar-refractivity contribution < 1.29 is 9.90 Å². The van der Waals surface area contributed by atoms with Crippen molar-refractivity contribution >= 4 is 40.7 Å². The van der Waals surface area contributed by atoms with E-state index in [2.05, 4.69) is 72.8 Å². The zero-order valence-corrected chi connectivity index (χ0v) is 17.8. The van der Waals surface area contributed by atoms with Gasteiger partial charge in [0.05, 0.1) is 12.7 Å². The molecule has 0 bridgehead atoms. The first kappa shape index (κ1) is 20.6. The summed E-state index contributed by atoms with van der Waals surface area (Å²) in [5, 5.41) is 12.4. The Morgan fingerprint density at radius 1 is 0.645 bits per heavy atom. The molecule has 3 nitrogen and oxygen atoms in total. The van der Waals surface area contributed by atoms with Crippen molar-refractivity contribution in [1.82, 2.24) is 0 Å². The van der Waals surface area contributed by atoms with Crippen LogP contribution < -0.4 is 15.9 Å². The van der Waals surface area contributed by atoms with Crippen molar-refractivity contribution in [2.24, 2.45) is 4.74 Å². The molecule has 0 aliphatic carbocycles. The van der Waals surface area contributed by atoms with Crippen molar-refractivity contribution in [3.8, 4) is 0 Å². The first-order valence-corrected chi connectivity index (χ1v) is 11.7. The topological polar surface area (TPSA) is 49.7 Å². The van der Waals surface area contributed by atoms with Gasteiger partial charge in [-0.3, -0.25) is 4.74 Å². The lowest BCUT2D eigenvalue weighted by molar-refractivity contribution is -0.131. The van der Waals surface area contributed by atoms with Crippen LogP contribution in [0.5, 0.6) is 0 Å². The van der Waals surface area contributed by atoms with E-state index in [-0.39, 0.29) is 0 Å². The summed E-state index contributed by atoms with van der Waals surface area (Å²) in [6.07, 6.45) is 2.72. The molecule has 31 heavy (non-hydrogen) atoms. The Morgan fingerprint density at radius 2 is 1.06 bits per heavy atom. The SMILES string of the molecule is O=C(O)/C=C/c1ccc(N=P(c2ccccc2)(c2ccccc2)c2ccccc2)cc1. The first-order chi connectivity index (χ1) is 15.2. The molecule has 0 fully saturated rings. The van der Waals surface area contributed by atoms with Crippen LogP contribution in [0.25, 0.3) is 6.08 Å². The monoisotopic (exact) mass is 423 g/mol. The van der Waals surface area contributed by atoms with E-state index >= 15 is 0 Å². The summed E-state index contributed by atoms with van der Waals surface area (Å²) in [5.74, 6) is -0.962. The van der Waals surface area contributed by atoms with Crippen molar-refractivity contribution in [3.63, 3.8) is 0 Å². The van der Waals surface area contributed by atoms with Crippen molar-refractivity contribution in [3.05, 3.63) is 127 Å². The maximum Gasteiger partial charge on any atom is 0.328 e. The van der Waals surface area contributed by atoms with Crippen LogP contribution in [-0.2, 0) is 4.79 Å². The van der Waals surface area contributed by atoms with E-state index in [0.717, 1.165) is 17.3 Å². The van der Waals surface area contributed by atoms with E-state index in [1.807, 2.05) is 42.5 Å². The van der Waals surface area contributed by atoms with Crippen LogP contribution in [0.3, 0.4) is 0 Å². The number of hydrogen-bond acceptors (Lipinski definition) is 2. The van der Waals surface area contributed by atoms with Gasteiger partial charge in [0.2, 0.25) is 0 Å². The van der Waals surface area contributed by atoms with E-state index in [0.29, 0.717) is 0 Å². The van der Waals surface area contributed by atoms with Crippen molar-refractivity contribution in [2.75, 3.05) is 0 Å². The van der Waals surface area contributed by atoms with Crippen LogP contribution in [0.2, 0.25) is 0 Å². The standard InChI is InChI=1S/C27H22NO2P/c29-27(30)21-18-22-16-19-23(20-17-22)28-31(24-10-4-1-5-11-24,25-12-6-2-7-13-25)26-14-8-3-9-15-26/h1-21H,(H,29,30)/b21-18+. The van der Waals surface area contributed by atoms with Crippen molar-refractivity contribution in [1.29, 1.82) is 0 Å². The van der Waals surface area contributed by atoms with E-state index in [1.165, 1.54) is 15.9 Å². The Morgan fingerprint density at radius 3 is 1.45 bits per heavy atom. The first-order valence-electron chi connectivity index (χ1n) is 9.99. The predicted octanol–water partition coefficient (Wildman–Crippen LogP) is 5.59. The molecule has 0 aromatic heterocycles. The molecule has 0 saturated heterocycles. The fourth-order valence-electron chi connectivity index (χ4n) is 3.54. The number of carboxylic acids is 1. The highest BCUT2D eigenvalue weighted by Gasteiger charge is 2.27. The maximum atomic E-state index is 10.8. The Hall–Kier alpha value is -3.68. The van der Waals surface area contributed by atoms with Gasteiger partial charge in [0, 0.05) is 22.0 Å². The number of aliphatic carboxylic acids is 1. The maximum absolute atomic E-state index is 10.8. The summed E-state index contributed by atoms with van der Waals surface area (Å²) < 4.78 is 5.41.